The summed E-state index contributed by atoms with van der Waals surface area (Å²) >= 11 is 0. The molecule has 0 radical (unpaired) electrons. The highest BCUT2D eigenvalue weighted by Crippen LogP contribution is 2.32. The maximum absolute atomic E-state index is 14.0. The molecule has 0 bridgehead atoms. The Labute approximate surface area is 216 Å². The predicted octanol–water partition coefficient (Wildman–Crippen LogP) is 5.32. The molecule has 0 atom stereocenters. The van der Waals surface area contributed by atoms with Gasteiger partial charge in [-0.2, -0.15) is 5.10 Å². The molecule has 0 saturated heterocycles. The van der Waals surface area contributed by atoms with E-state index in [1.807, 2.05) is 6.07 Å². The second-order valence-corrected chi connectivity index (χ2v) is 9.42. The van der Waals surface area contributed by atoms with E-state index in [4.69, 9.17) is 10.5 Å². The lowest BCUT2D eigenvalue weighted by Crippen LogP contribution is -2.24. The summed E-state index contributed by atoms with van der Waals surface area (Å²) in [5.41, 5.74) is 11.5. The zero-order valence-corrected chi connectivity index (χ0v) is 20.8. The van der Waals surface area contributed by atoms with Gasteiger partial charge in [0.1, 0.15) is 5.82 Å². The van der Waals surface area contributed by atoms with E-state index in [0.717, 1.165) is 42.4 Å². The average Bonchev–Trinajstić information content (AvgIpc) is 3.48. The summed E-state index contributed by atoms with van der Waals surface area (Å²) in [6.07, 6.45) is 4.94. The van der Waals surface area contributed by atoms with Gasteiger partial charge < -0.3 is 20.4 Å². The van der Waals surface area contributed by atoms with Crippen LogP contribution in [0.15, 0.2) is 54.9 Å². The average molecular weight is 515 g/mol. The minimum absolute atomic E-state index is 0.00342. The Morgan fingerprint density at radius 1 is 1.11 bits per heavy atom. The summed E-state index contributed by atoms with van der Waals surface area (Å²) in [4.78, 5) is 23.0. The number of fused-ring (bicyclic) bond motifs is 2. The van der Waals surface area contributed by atoms with Gasteiger partial charge in [0.2, 0.25) is 17.4 Å². The van der Waals surface area contributed by atoms with Crippen molar-refractivity contribution in [1.29, 1.82) is 0 Å². The van der Waals surface area contributed by atoms with Gasteiger partial charge in [-0.1, -0.05) is 6.07 Å². The smallest absolute Gasteiger partial charge is 0.219 e. The van der Waals surface area contributed by atoms with E-state index >= 15 is 0 Å². The van der Waals surface area contributed by atoms with E-state index in [1.54, 1.807) is 6.92 Å². The van der Waals surface area contributed by atoms with Crippen LogP contribution in [0.3, 0.4) is 0 Å². The molecule has 3 N–H and O–H groups in total. The number of pyridine rings is 1. The number of ether oxygens (including phenoxy) is 1. The second-order valence-electron chi connectivity index (χ2n) is 9.42. The summed E-state index contributed by atoms with van der Waals surface area (Å²) in [6, 6.07) is 11.0. The third kappa shape index (κ3) is 3.94. The first-order valence-corrected chi connectivity index (χ1v) is 12.1. The summed E-state index contributed by atoms with van der Waals surface area (Å²) < 4.78 is 34.6. The van der Waals surface area contributed by atoms with Crippen molar-refractivity contribution in [2.45, 2.75) is 19.8 Å². The molecule has 0 amide bonds. The number of carbonyl (C=O) groups is 1. The molecule has 0 fully saturated rings. The number of halogens is 2. The number of ketones is 1. The van der Waals surface area contributed by atoms with Crippen LogP contribution in [0.25, 0.3) is 16.6 Å². The maximum Gasteiger partial charge on any atom is 0.219 e. The minimum Gasteiger partial charge on any atom is -0.433 e. The highest BCUT2D eigenvalue weighted by molar-refractivity contribution is 6.12. The number of nitrogens with two attached hydrogens (primary N) is 1. The highest BCUT2D eigenvalue weighted by atomic mass is 19.1. The lowest BCUT2D eigenvalue weighted by molar-refractivity contribution is 0.103. The van der Waals surface area contributed by atoms with Gasteiger partial charge in [-0.25, -0.2) is 18.4 Å². The molecular weight excluding hydrogens is 490 g/mol. The number of nitrogens with one attached hydrogen (secondary N) is 1. The quantitative estimate of drug-likeness (QED) is 0.308. The van der Waals surface area contributed by atoms with E-state index in [0.29, 0.717) is 16.9 Å². The molecule has 192 valence electrons. The number of H-pyrrole nitrogens is 1. The van der Waals surface area contributed by atoms with Crippen molar-refractivity contribution in [3.8, 4) is 17.3 Å². The lowest BCUT2D eigenvalue weighted by atomic mass is 10.0. The fourth-order valence-electron chi connectivity index (χ4n) is 4.87. The lowest BCUT2D eigenvalue weighted by Gasteiger charge is -2.27. The third-order valence-corrected chi connectivity index (χ3v) is 6.88. The third-order valence-electron chi connectivity index (χ3n) is 6.88. The SMILES string of the molecule is Cc1cc(Oc2c(F)cccc2F)ncc1-n1ncc(C(=O)c2cc3cc4c(cc3[nH]2)CCCN4C)c1N. The van der Waals surface area contributed by atoms with Gasteiger partial charge in [0, 0.05) is 36.2 Å². The van der Waals surface area contributed by atoms with Crippen molar-refractivity contribution in [2.75, 3.05) is 24.2 Å². The summed E-state index contributed by atoms with van der Waals surface area (Å²) in [5, 5.41) is 5.26. The monoisotopic (exact) mass is 514 g/mol. The Bertz CT molecular complexity index is 1700. The number of aromatic amines is 1. The van der Waals surface area contributed by atoms with E-state index in [1.165, 1.54) is 40.5 Å². The summed E-state index contributed by atoms with van der Waals surface area (Å²) in [6.45, 7) is 2.76. The van der Waals surface area contributed by atoms with E-state index in [2.05, 4.69) is 39.1 Å². The van der Waals surface area contributed by atoms with Crippen molar-refractivity contribution >= 4 is 28.2 Å². The number of para-hydroxylation sites is 1. The molecule has 5 aromatic rings. The van der Waals surface area contributed by atoms with Crippen LogP contribution >= 0.6 is 0 Å². The number of hydrogen-bond donors (Lipinski definition) is 2. The zero-order chi connectivity index (χ0) is 26.6. The highest BCUT2D eigenvalue weighted by Gasteiger charge is 2.22. The molecule has 2 aromatic carbocycles. The predicted molar refractivity (Wildman–Crippen MR) is 140 cm³/mol. The Morgan fingerprint density at radius 2 is 1.89 bits per heavy atom. The van der Waals surface area contributed by atoms with Crippen molar-refractivity contribution < 1.29 is 18.3 Å². The molecule has 1 aliphatic rings. The maximum atomic E-state index is 14.0. The van der Waals surface area contributed by atoms with Crippen LogP contribution in [0.2, 0.25) is 0 Å². The van der Waals surface area contributed by atoms with Gasteiger partial charge in [0.05, 0.1) is 29.3 Å². The molecule has 8 nitrogen and oxygen atoms in total. The number of hydrogen-bond acceptors (Lipinski definition) is 6. The molecule has 1 aliphatic heterocycles. The van der Waals surface area contributed by atoms with Crippen LogP contribution in [-0.4, -0.2) is 39.1 Å². The van der Waals surface area contributed by atoms with Crippen molar-refractivity contribution in [2.24, 2.45) is 0 Å². The zero-order valence-electron chi connectivity index (χ0n) is 20.8. The normalized spacial score (nSPS) is 13.1. The Balaban J connectivity index is 1.29. The second kappa shape index (κ2) is 8.98. The number of rotatable bonds is 5. The van der Waals surface area contributed by atoms with Crippen molar-refractivity contribution in [3.05, 3.63) is 88.9 Å². The number of benzene rings is 2. The van der Waals surface area contributed by atoms with E-state index < -0.39 is 17.4 Å². The van der Waals surface area contributed by atoms with Gasteiger partial charge in [-0.3, -0.25) is 4.79 Å². The van der Waals surface area contributed by atoms with Crippen LogP contribution in [0.1, 0.15) is 33.6 Å². The van der Waals surface area contributed by atoms with Crippen molar-refractivity contribution in [3.63, 3.8) is 0 Å². The summed E-state index contributed by atoms with van der Waals surface area (Å²) in [7, 11) is 2.07. The van der Waals surface area contributed by atoms with Crippen LogP contribution in [0, 0.1) is 18.6 Å². The molecule has 0 aliphatic carbocycles. The number of carbonyl (C=O) groups excluding carboxylic acids is 1. The van der Waals surface area contributed by atoms with E-state index in [-0.39, 0.29) is 23.0 Å². The molecule has 4 heterocycles. The molecule has 3 aromatic heterocycles. The topological polar surface area (TPSA) is 102 Å². The molecule has 0 spiro atoms. The molecular formula is C28H24F2N6O2. The van der Waals surface area contributed by atoms with E-state index in [9.17, 15) is 13.6 Å². The largest absolute Gasteiger partial charge is 0.433 e. The Morgan fingerprint density at radius 3 is 2.66 bits per heavy atom. The fraction of sp³-hybridized carbons (Fsp3) is 0.179. The number of aromatic nitrogens is 4. The number of nitrogen functional groups attached to an aromatic ring is 1. The van der Waals surface area contributed by atoms with Gasteiger partial charge in [-0.05, 0) is 61.2 Å². The van der Waals surface area contributed by atoms with Crippen LogP contribution in [-0.2, 0) is 6.42 Å². The Hall–Kier alpha value is -4.73. The molecule has 0 saturated carbocycles. The first-order chi connectivity index (χ1) is 18.3. The van der Waals surface area contributed by atoms with Gasteiger partial charge in [0.15, 0.2) is 11.6 Å². The first kappa shape index (κ1) is 23.7. The molecule has 38 heavy (non-hydrogen) atoms. The number of anilines is 2. The van der Waals surface area contributed by atoms with Crippen LogP contribution in [0.5, 0.6) is 11.6 Å². The standard InChI is InChI=1S/C28H24F2N6O2/c1-15-9-25(38-27-19(29)6-3-7-20(27)30)32-14-24(15)36-28(31)18(13-33-36)26(37)22-11-17-12-23-16(10-21(17)34-22)5-4-8-35(23)2/h3,6-7,9-14,34H,4-5,8,31H2,1-2H3. The van der Waals surface area contributed by atoms with Gasteiger partial charge >= 0.3 is 0 Å². The van der Waals surface area contributed by atoms with Crippen LogP contribution in [0.4, 0.5) is 20.3 Å². The van der Waals surface area contributed by atoms with Crippen LogP contribution < -0.4 is 15.4 Å². The Kier molecular flexibility index (Phi) is 5.59. The fourth-order valence-corrected chi connectivity index (χ4v) is 4.87. The number of aryl methyl sites for hydroxylation is 2. The molecule has 6 rings (SSSR count). The van der Waals surface area contributed by atoms with Crippen molar-refractivity contribution in [1.82, 2.24) is 19.7 Å². The van der Waals surface area contributed by atoms with Gasteiger partial charge in [0.25, 0.3) is 0 Å². The minimum atomic E-state index is -0.836. The first-order valence-electron chi connectivity index (χ1n) is 12.1. The number of nitrogens with zero attached hydrogens (tertiary/aromatic N) is 4. The van der Waals surface area contributed by atoms with Gasteiger partial charge in [-0.15, -0.1) is 0 Å². The molecule has 0 unspecified atom stereocenters. The molecule has 10 heteroatoms. The summed E-state index contributed by atoms with van der Waals surface area (Å²) in [5.74, 6) is -2.34.